The van der Waals surface area contributed by atoms with Crippen LogP contribution in [0.1, 0.15) is 86.0 Å². The summed E-state index contributed by atoms with van der Waals surface area (Å²) in [7, 11) is -1.30. The fourth-order valence-electron chi connectivity index (χ4n) is 3.77. The Morgan fingerprint density at radius 3 is 1.90 bits per heavy atom. The summed E-state index contributed by atoms with van der Waals surface area (Å²) in [5, 5.41) is 20.7. The van der Waals surface area contributed by atoms with Crippen LogP contribution in [0.3, 0.4) is 0 Å². The van der Waals surface area contributed by atoms with Crippen LogP contribution in [0.5, 0.6) is 0 Å². The molecule has 2 aliphatic rings. The normalized spacial score (nSPS) is 16.0. The molecule has 0 spiro atoms. The van der Waals surface area contributed by atoms with Gasteiger partial charge < -0.3 is 27.2 Å². The summed E-state index contributed by atoms with van der Waals surface area (Å²) in [4.78, 5) is 0. The molecule has 5 heteroatoms. The van der Waals surface area contributed by atoms with Crippen LogP contribution in [0.2, 0.25) is 19.6 Å². The van der Waals surface area contributed by atoms with Gasteiger partial charge in [0.05, 0.1) is 8.07 Å². The van der Waals surface area contributed by atoms with Gasteiger partial charge in [0.15, 0.2) is 0 Å². The first-order valence-corrected chi connectivity index (χ1v) is 14.7. The standard InChI is InChI=1S/C19H31Si.2C3H7O.BrH.Ti/c1-6-7-8-9-11-17-14-16-12-10-13-18(16)15(2)19(17)20(3,4)5;2*1-3(2)4;;/h14H,2,6-13H2,1,3-5H3;2*3H,1-2H3;1H;/q;2*-1;;+3/p-1. The van der Waals surface area contributed by atoms with Gasteiger partial charge in [-0.05, 0) is 43.3 Å². The minimum atomic E-state index is -1.30. The first-order valence-electron chi connectivity index (χ1n) is 11.2. The van der Waals surface area contributed by atoms with Crippen molar-refractivity contribution in [2.75, 3.05) is 0 Å². The van der Waals surface area contributed by atoms with Crippen LogP contribution >= 0.6 is 0 Å². The maximum atomic E-state index is 9.53. The molecule has 2 nitrogen and oxygen atoms in total. The second-order valence-corrected chi connectivity index (χ2v) is 14.5. The van der Waals surface area contributed by atoms with Gasteiger partial charge in [-0.2, -0.15) is 0 Å². The predicted octanol–water partition coefficient (Wildman–Crippen LogP) is 2.90. The zero-order chi connectivity index (χ0) is 21.9. The Morgan fingerprint density at radius 1 is 0.967 bits per heavy atom. The van der Waals surface area contributed by atoms with Crippen molar-refractivity contribution in [3.8, 4) is 0 Å². The van der Waals surface area contributed by atoms with E-state index < -0.39 is 20.3 Å². The van der Waals surface area contributed by atoms with Gasteiger partial charge in [0.1, 0.15) is 0 Å². The number of fused-ring (bicyclic) bond motifs is 1. The van der Waals surface area contributed by atoms with Crippen LogP contribution in [-0.2, 0) is 21.7 Å². The van der Waals surface area contributed by atoms with E-state index in [9.17, 15) is 10.2 Å². The van der Waals surface area contributed by atoms with Crippen molar-refractivity contribution < 1.29 is 48.9 Å². The SMILES string of the molecule is C=C1[C]2CCCC2=CC(CCCCCC)=C1[Si](C)(C)C.CC(C)[O-].CC(C)[O-].[Br-].[Ti+3]. The Labute approximate surface area is 214 Å². The van der Waals surface area contributed by atoms with Gasteiger partial charge in [0.2, 0.25) is 0 Å². The van der Waals surface area contributed by atoms with Crippen LogP contribution in [-0.4, -0.2) is 20.3 Å². The quantitative estimate of drug-likeness (QED) is 0.390. The monoisotopic (exact) mass is 532 g/mol. The molecule has 0 heterocycles. The summed E-state index contributed by atoms with van der Waals surface area (Å²) >= 11 is 0. The van der Waals surface area contributed by atoms with E-state index in [4.69, 9.17) is 0 Å². The van der Waals surface area contributed by atoms with E-state index >= 15 is 0 Å². The van der Waals surface area contributed by atoms with Gasteiger partial charge in [-0.3, -0.25) is 0 Å². The first kappa shape index (κ1) is 35.1. The van der Waals surface area contributed by atoms with Crippen LogP contribution in [0.15, 0.2) is 34.6 Å². The van der Waals surface area contributed by atoms with Crippen molar-refractivity contribution in [3.05, 3.63) is 40.5 Å². The molecule has 1 fully saturated rings. The summed E-state index contributed by atoms with van der Waals surface area (Å²) in [5.74, 6) is 1.60. The Balaban J connectivity index is -0.000000629. The molecular weight excluding hydrogens is 488 g/mol. The fourth-order valence-corrected chi connectivity index (χ4v) is 5.99. The van der Waals surface area contributed by atoms with Crippen molar-refractivity contribution >= 4 is 8.07 Å². The molecule has 0 N–H and O–H groups in total. The average molecular weight is 533 g/mol. The third-order valence-corrected chi connectivity index (χ3v) is 6.77. The molecule has 0 aromatic carbocycles. The van der Waals surface area contributed by atoms with Crippen LogP contribution in [0, 0.1) is 5.92 Å². The van der Waals surface area contributed by atoms with E-state index in [2.05, 4.69) is 39.2 Å². The minimum Gasteiger partial charge on any atom is -1.00 e. The van der Waals surface area contributed by atoms with E-state index in [0.29, 0.717) is 0 Å². The van der Waals surface area contributed by atoms with Gasteiger partial charge in [0.25, 0.3) is 0 Å². The van der Waals surface area contributed by atoms with Gasteiger partial charge in [-0.1, -0.05) is 96.9 Å². The summed E-state index contributed by atoms with van der Waals surface area (Å²) in [6.07, 6.45) is 12.3. The van der Waals surface area contributed by atoms with Crippen LogP contribution < -0.4 is 27.2 Å². The summed E-state index contributed by atoms with van der Waals surface area (Å²) in [6, 6.07) is 0. The molecule has 2 radical (unpaired) electrons. The number of hydrogen-bond donors (Lipinski definition) is 0. The number of halogens is 1. The third-order valence-electron chi connectivity index (χ3n) is 4.65. The molecule has 1 saturated carbocycles. The average Bonchev–Trinajstić information content (AvgIpc) is 2.98. The van der Waals surface area contributed by atoms with Gasteiger partial charge >= 0.3 is 21.7 Å². The van der Waals surface area contributed by atoms with E-state index in [1.54, 1.807) is 50.0 Å². The van der Waals surface area contributed by atoms with Crippen LogP contribution in [0.25, 0.3) is 0 Å². The Hall–Kier alpha value is 0.551. The van der Waals surface area contributed by atoms with E-state index in [-0.39, 0.29) is 38.7 Å². The number of allylic oxidation sites excluding steroid dienone is 5. The number of hydrogen-bond acceptors (Lipinski definition) is 2. The van der Waals surface area contributed by atoms with Crippen LogP contribution in [0.4, 0.5) is 0 Å². The summed E-state index contributed by atoms with van der Waals surface area (Å²) < 4.78 is 0. The number of unbranched alkanes of at least 4 members (excludes halogenated alkanes) is 3. The molecule has 2 aliphatic carbocycles. The van der Waals surface area contributed by atoms with Gasteiger partial charge in [-0.15, -0.1) is 12.2 Å². The topological polar surface area (TPSA) is 46.1 Å². The molecular formula is C25H45BrO2SiTi. The van der Waals surface area contributed by atoms with Gasteiger partial charge in [-0.25, -0.2) is 0 Å². The van der Waals surface area contributed by atoms with Gasteiger partial charge in [0, 0.05) is 5.92 Å². The molecule has 0 bridgehead atoms. The maximum Gasteiger partial charge on any atom is 3.00 e. The number of rotatable bonds is 6. The van der Waals surface area contributed by atoms with E-state index in [1.165, 1.54) is 56.9 Å². The maximum absolute atomic E-state index is 9.53. The summed E-state index contributed by atoms with van der Waals surface area (Å²) in [5.41, 5.74) is 4.68. The molecule has 0 unspecified atom stereocenters. The van der Waals surface area contributed by atoms with E-state index in [0.717, 1.165) is 0 Å². The molecule has 2 rings (SSSR count). The second-order valence-electron chi connectivity index (χ2n) is 9.54. The second kappa shape index (κ2) is 18.0. The Bertz CT molecular complexity index is 522. The molecule has 0 saturated heterocycles. The smallest absolute Gasteiger partial charge is 1.00 e. The first-order chi connectivity index (χ1) is 12.9. The minimum absolute atomic E-state index is 0. The van der Waals surface area contributed by atoms with Crippen molar-refractivity contribution in [1.82, 2.24) is 0 Å². The zero-order valence-electron chi connectivity index (χ0n) is 20.8. The molecule has 0 aromatic heterocycles. The Morgan fingerprint density at radius 2 is 1.47 bits per heavy atom. The third kappa shape index (κ3) is 14.6. The molecule has 172 valence electrons. The molecule has 0 amide bonds. The molecule has 0 atom stereocenters. The van der Waals surface area contributed by atoms with E-state index in [1.807, 2.05) is 0 Å². The van der Waals surface area contributed by atoms with Crippen molar-refractivity contribution in [2.24, 2.45) is 0 Å². The zero-order valence-corrected chi connectivity index (χ0v) is 24.9. The predicted molar refractivity (Wildman–Crippen MR) is 124 cm³/mol. The molecule has 30 heavy (non-hydrogen) atoms. The van der Waals surface area contributed by atoms with Crippen molar-refractivity contribution in [3.63, 3.8) is 0 Å². The molecule has 0 aliphatic heterocycles. The Kier molecular flexibility index (Phi) is 21.1. The largest absolute Gasteiger partial charge is 3.00 e. The van der Waals surface area contributed by atoms with Crippen molar-refractivity contribution in [1.29, 1.82) is 0 Å². The van der Waals surface area contributed by atoms with Crippen molar-refractivity contribution in [2.45, 2.75) is 118 Å². The fraction of sp³-hybridized carbons (Fsp3) is 0.720. The molecule has 0 aromatic rings. The summed E-state index contributed by atoms with van der Waals surface area (Å²) in [6.45, 7) is 20.7.